The van der Waals surface area contributed by atoms with Gasteiger partial charge in [-0.2, -0.15) is 0 Å². The normalized spacial score (nSPS) is 13.0. The van der Waals surface area contributed by atoms with Gasteiger partial charge in [0.1, 0.15) is 19.0 Å². The molecule has 0 aliphatic carbocycles. The first-order valence-electron chi connectivity index (χ1n) is 8.28. The lowest BCUT2D eigenvalue weighted by Gasteiger charge is -2.24. The number of hydrogen-bond donors (Lipinski definition) is 0. The van der Waals surface area contributed by atoms with Gasteiger partial charge in [-0.3, -0.25) is 4.79 Å². The summed E-state index contributed by atoms with van der Waals surface area (Å²) in [7, 11) is 0. The first kappa shape index (κ1) is 17.0. The second-order valence-corrected chi connectivity index (χ2v) is 5.65. The van der Waals surface area contributed by atoms with Gasteiger partial charge in [0.2, 0.25) is 5.91 Å². The molecule has 2 aromatic rings. The van der Waals surface area contributed by atoms with Crippen molar-refractivity contribution in [2.75, 3.05) is 19.8 Å². The van der Waals surface area contributed by atoms with Gasteiger partial charge in [-0.25, -0.2) is 4.39 Å². The van der Waals surface area contributed by atoms with Gasteiger partial charge in [0, 0.05) is 30.3 Å². The first-order valence-corrected chi connectivity index (χ1v) is 8.28. The largest absolute Gasteiger partial charge is 0.486 e. The molecule has 4 nitrogen and oxygen atoms in total. The van der Waals surface area contributed by atoms with Crippen molar-refractivity contribution in [3.63, 3.8) is 0 Å². The molecule has 0 unspecified atom stereocenters. The number of nitrogens with zero attached hydrogens (tertiary/aromatic N) is 1. The zero-order valence-electron chi connectivity index (χ0n) is 14.1. The van der Waals surface area contributed by atoms with Crippen molar-refractivity contribution in [2.24, 2.45) is 0 Å². The average molecular weight is 341 g/mol. The molecule has 130 valence electrons. The lowest BCUT2D eigenvalue weighted by Crippen LogP contribution is -2.29. The Morgan fingerprint density at radius 1 is 1.16 bits per heavy atom. The number of ether oxygens (including phenoxy) is 2. The van der Waals surface area contributed by atoms with Crippen LogP contribution in [0.3, 0.4) is 0 Å². The fraction of sp³-hybridized carbons (Fsp3) is 0.250. The number of carbonyl (C=O) groups is 1. The van der Waals surface area contributed by atoms with Crippen LogP contribution in [-0.2, 0) is 11.3 Å². The Morgan fingerprint density at radius 3 is 2.76 bits per heavy atom. The van der Waals surface area contributed by atoms with Crippen molar-refractivity contribution in [1.29, 1.82) is 0 Å². The average Bonchev–Trinajstić information content (AvgIpc) is 2.65. The van der Waals surface area contributed by atoms with Gasteiger partial charge in [0.05, 0.1) is 0 Å². The van der Waals surface area contributed by atoms with E-state index in [1.54, 1.807) is 23.1 Å². The fourth-order valence-electron chi connectivity index (χ4n) is 2.69. The number of benzene rings is 2. The van der Waals surface area contributed by atoms with Crippen molar-refractivity contribution in [3.8, 4) is 11.5 Å². The van der Waals surface area contributed by atoms with Gasteiger partial charge < -0.3 is 14.4 Å². The van der Waals surface area contributed by atoms with Crippen LogP contribution in [0.2, 0.25) is 0 Å². The molecule has 0 fully saturated rings. The van der Waals surface area contributed by atoms with Gasteiger partial charge >= 0.3 is 0 Å². The maximum atomic E-state index is 13.7. The molecule has 1 aliphatic heterocycles. The quantitative estimate of drug-likeness (QED) is 0.779. The molecular weight excluding hydrogens is 321 g/mol. The van der Waals surface area contributed by atoms with Crippen LogP contribution in [0.1, 0.15) is 18.1 Å². The van der Waals surface area contributed by atoms with Gasteiger partial charge in [-0.15, -0.1) is 0 Å². The lowest BCUT2D eigenvalue weighted by molar-refractivity contribution is -0.126. The topological polar surface area (TPSA) is 38.8 Å². The van der Waals surface area contributed by atoms with E-state index in [2.05, 4.69) is 0 Å². The van der Waals surface area contributed by atoms with E-state index < -0.39 is 0 Å². The molecule has 25 heavy (non-hydrogen) atoms. The Kier molecular flexibility index (Phi) is 5.33. The van der Waals surface area contributed by atoms with E-state index in [-0.39, 0.29) is 11.7 Å². The molecule has 0 N–H and O–H groups in total. The van der Waals surface area contributed by atoms with Crippen molar-refractivity contribution < 1.29 is 18.7 Å². The SMILES string of the molecule is CCN(Cc1cccc2c1OCCO2)C(=O)/C=C/c1ccccc1F. The number of halogens is 1. The Morgan fingerprint density at radius 2 is 1.96 bits per heavy atom. The number of para-hydroxylation sites is 1. The highest BCUT2D eigenvalue weighted by molar-refractivity contribution is 5.91. The molecule has 0 bridgehead atoms. The van der Waals surface area contributed by atoms with E-state index in [1.807, 2.05) is 25.1 Å². The van der Waals surface area contributed by atoms with E-state index >= 15 is 0 Å². The zero-order chi connectivity index (χ0) is 17.6. The molecule has 3 rings (SSSR count). The predicted octanol–water partition coefficient (Wildman–Crippen LogP) is 3.66. The number of fused-ring (bicyclic) bond motifs is 1. The Balaban J connectivity index is 1.75. The number of amides is 1. The Labute approximate surface area is 146 Å². The van der Waals surface area contributed by atoms with Crippen LogP contribution in [0.15, 0.2) is 48.5 Å². The number of likely N-dealkylation sites (N-methyl/N-ethyl adjacent to an activating group) is 1. The summed E-state index contributed by atoms with van der Waals surface area (Å²) in [6.45, 7) is 3.87. The maximum Gasteiger partial charge on any atom is 0.246 e. The lowest BCUT2D eigenvalue weighted by atomic mass is 10.1. The molecule has 0 aromatic heterocycles. The molecule has 5 heteroatoms. The summed E-state index contributed by atoms with van der Waals surface area (Å²) in [6.07, 6.45) is 2.90. The zero-order valence-corrected chi connectivity index (χ0v) is 14.1. The third kappa shape index (κ3) is 3.99. The van der Waals surface area contributed by atoms with Crippen molar-refractivity contribution in [3.05, 3.63) is 65.5 Å². The van der Waals surface area contributed by atoms with Crippen LogP contribution in [-0.4, -0.2) is 30.6 Å². The van der Waals surface area contributed by atoms with Crippen molar-refractivity contribution in [2.45, 2.75) is 13.5 Å². The minimum Gasteiger partial charge on any atom is -0.486 e. The van der Waals surface area contributed by atoms with Gasteiger partial charge in [0.25, 0.3) is 0 Å². The van der Waals surface area contributed by atoms with E-state index in [0.717, 1.165) is 5.56 Å². The van der Waals surface area contributed by atoms with Gasteiger partial charge in [-0.05, 0) is 25.1 Å². The van der Waals surface area contributed by atoms with Crippen LogP contribution in [0.5, 0.6) is 11.5 Å². The maximum absolute atomic E-state index is 13.7. The van der Waals surface area contributed by atoms with Crippen LogP contribution in [0, 0.1) is 5.82 Å². The summed E-state index contributed by atoms with van der Waals surface area (Å²) in [6, 6.07) is 12.0. The predicted molar refractivity (Wildman–Crippen MR) is 94.0 cm³/mol. The van der Waals surface area contributed by atoms with Gasteiger partial charge in [0.15, 0.2) is 11.5 Å². The molecule has 2 aromatic carbocycles. The number of rotatable bonds is 5. The summed E-state index contributed by atoms with van der Waals surface area (Å²) in [5, 5.41) is 0. The molecule has 0 saturated heterocycles. The highest BCUT2D eigenvalue weighted by Gasteiger charge is 2.18. The van der Waals surface area contributed by atoms with Crippen molar-refractivity contribution >= 4 is 12.0 Å². The highest BCUT2D eigenvalue weighted by Crippen LogP contribution is 2.34. The Bertz CT molecular complexity index is 788. The third-order valence-corrected chi connectivity index (χ3v) is 4.01. The Hall–Kier alpha value is -2.82. The monoisotopic (exact) mass is 341 g/mol. The summed E-state index contributed by atoms with van der Waals surface area (Å²) in [5.74, 6) is 0.865. The standard InChI is InChI=1S/C20H20FNO3/c1-2-22(19(23)11-10-15-6-3-4-8-17(15)21)14-16-7-5-9-18-20(16)25-13-12-24-18/h3-11H,2,12-14H2,1H3/b11-10+. The second kappa shape index (κ2) is 7.83. The van der Waals surface area contributed by atoms with Crippen LogP contribution >= 0.6 is 0 Å². The molecule has 1 aliphatic rings. The summed E-state index contributed by atoms with van der Waals surface area (Å²) in [4.78, 5) is 14.1. The van der Waals surface area contributed by atoms with E-state index in [9.17, 15) is 9.18 Å². The number of hydrogen-bond acceptors (Lipinski definition) is 3. The van der Waals surface area contributed by atoms with Crippen LogP contribution < -0.4 is 9.47 Å². The molecule has 0 spiro atoms. The van der Waals surface area contributed by atoms with Crippen molar-refractivity contribution in [1.82, 2.24) is 4.90 Å². The molecule has 1 heterocycles. The first-order chi connectivity index (χ1) is 12.2. The minimum atomic E-state index is -0.350. The van der Waals surface area contributed by atoms with E-state index in [4.69, 9.17) is 9.47 Å². The highest BCUT2D eigenvalue weighted by atomic mass is 19.1. The number of carbonyl (C=O) groups excluding carboxylic acids is 1. The smallest absolute Gasteiger partial charge is 0.246 e. The molecule has 0 saturated carbocycles. The molecule has 0 radical (unpaired) electrons. The van der Waals surface area contributed by atoms with Gasteiger partial charge in [-0.1, -0.05) is 30.3 Å². The summed E-state index contributed by atoms with van der Waals surface area (Å²) in [5.41, 5.74) is 1.28. The van der Waals surface area contributed by atoms with E-state index in [0.29, 0.717) is 43.4 Å². The minimum absolute atomic E-state index is 0.180. The molecule has 1 amide bonds. The van der Waals surface area contributed by atoms with E-state index in [1.165, 1.54) is 18.2 Å². The summed E-state index contributed by atoms with van der Waals surface area (Å²) >= 11 is 0. The summed E-state index contributed by atoms with van der Waals surface area (Å²) < 4.78 is 24.9. The van der Waals surface area contributed by atoms with Crippen LogP contribution in [0.4, 0.5) is 4.39 Å². The molecule has 0 atom stereocenters. The molecular formula is C20H20FNO3. The fourth-order valence-corrected chi connectivity index (χ4v) is 2.69. The third-order valence-electron chi connectivity index (χ3n) is 4.01. The van der Waals surface area contributed by atoms with Crippen LogP contribution in [0.25, 0.3) is 6.08 Å². The second-order valence-electron chi connectivity index (χ2n) is 5.65.